The van der Waals surface area contributed by atoms with Crippen molar-refractivity contribution in [3.63, 3.8) is 0 Å². The summed E-state index contributed by atoms with van der Waals surface area (Å²) in [5.74, 6) is 1.03. The number of nitrogens with one attached hydrogen (secondary N) is 1. The second kappa shape index (κ2) is 4.66. The molecule has 0 amide bonds. The maximum Gasteiger partial charge on any atom is 1.00 e. The van der Waals surface area contributed by atoms with Gasteiger partial charge in [0.25, 0.3) is 0 Å². The van der Waals surface area contributed by atoms with Crippen LogP contribution in [-0.2, 0) is 6.42 Å². The first-order valence-corrected chi connectivity index (χ1v) is 2.71. The standard InChI is InChI=1S/C6H9N2.Li/c1-2-3-6-7-4-5-8-6;/h4-5H,1-3H2,(H,7,8);/q-1;+1. The first-order chi connectivity index (χ1) is 3.93. The molecule has 1 aromatic rings. The number of nitrogens with zero attached hydrogens (tertiary/aromatic N) is 1. The largest absolute Gasteiger partial charge is 1.00 e. The Morgan fingerprint density at radius 3 is 2.89 bits per heavy atom. The molecular formula is C6H9LiN2. The molecule has 0 aliphatic carbocycles. The Morgan fingerprint density at radius 2 is 2.44 bits per heavy atom. The molecule has 9 heavy (non-hydrogen) atoms. The van der Waals surface area contributed by atoms with Gasteiger partial charge in [0.1, 0.15) is 5.82 Å². The fourth-order valence-electron chi connectivity index (χ4n) is 0.602. The molecule has 2 nitrogen and oxygen atoms in total. The summed E-state index contributed by atoms with van der Waals surface area (Å²) >= 11 is 0. The second-order valence-electron chi connectivity index (χ2n) is 1.64. The number of rotatable bonds is 2. The maximum atomic E-state index is 4.01. The van der Waals surface area contributed by atoms with Crippen LogP contribution in [0.3, 0.4) is 0 Å². The van der Waals surface area contributed by atoms with Gasteiger partial charge in [-0.25, -0.2) is 4.98 Å². The first-order valence-electron chi connectivity index (χ1n) is 2.71. The third kappa shape index (κ3) is 2.74. The first kappa shape index (κ1) is 8.81. The number of hydrogen-bond donors (Lipinski definition) is 1. The SMILES string of the molecule is [CH2-]CCc1ncc[nH]1.[Li+]. The van der Waals surface area contributed by atoms with Gasteiger partial charge in [0.2, 0.25) is 0 Å². The van der Waals surface area contributed by atoms with Gasteiger partial charge >= 0.3 is 18.9 Å². The fourth-order valence-corrected chi connectivity index (χ4v) is 0.602. The van der Waals surface area contributed by atoms with Crippen molar-refractivity contribution in [1.82, 2.24) is 9.97 Å². The van der Waals surface area contributed by atoms with Crippen molar-refractivity contribution < 1.29 is 18.9 Å². The van der Waals surface area contributed by atoms with Gasteiger partial charge in [-0.1, -0.05) is 0 Å². The molecule has 1 N–H and O–H groups in total. The van der Waals surface area contributed by atoms with Crippen LogP contribution in [0.4, 0.5) is 0 Å². The Bertz CT molecular complexity index is 137. The molecule has 1 rings (SSSR count). The van der Waals surface area contributed by atoms with Gasteiger partial charge < -0.3 is 11.9 Å². The van der Waals surface area contributed by atoms with Crippen molar-refractivity contribution in [3.8, 4) is 0 Å². The van der Waals surface area contributed by atoms with Crippen LogP contribution in [0.15, 0.2) is 12.4 Å². The fraction of sp³-hybridized carbons (Fsp3) is 0.333. The number of aromatic amines is 1. The summed E-state index contributed by atoms with van der Waals surface area (Å²) in [5.41, 5.74) is 0. The summed E-state index contributed by atoms with van der Waals surface area (Å²) in [6.45, 7) is 3.70. The molecule has 0 atom stereocenters. The summed E-state index contributed by atoms with van der Waals surface area (Å²) in [6.07, 6.45) is 5.44. The normalized spacial score (nSPS) is 8.56. The molecule has 0 spiro atoms. The van der Waals surface area contributed by atoms with E-state index in [-0.39, 0.29) is 18.9 Å². The smallest absolute Gasteiger partial charge is 0.349 e. The van der Waals surface area contributed by atoms with Crippen molar-refractivity contribution >= 4 is 0 Å². The average molecular weight is 116 g/mol. The van der Waals surface area contributed by atoms with E-state index in [2.05, 4.69) is 16.9 Å². The van der Waals surface area contributed by atoms with Gasteiger partial charge in [-0.2, -0.15) is 6.42 Å². The second-order valence-corrected chi connectivity index (χ2v) is 1.64. The number of H-pyrrole nitrogens is 1. The topological polar surface area (TPSA) is 28.7 Å². The monoisotopic (exact) mass is 116 g/mol. The van der Waals surface area contributed by atoms with E-state index in [1.165, 1.54) is 0 Å². The van der Waals surface area contributed by atoms with Gasteiger partial charge in [-0.3, -0.25) is 0 Å². The van der Waals surface area contributed by atoms with Crippen LogP contribution in [-0.4, -0.2) is 9.97 Å². The molecule has 0 bridgehead atoms. The Morgan fingerprint density at radius 1 is 1.67 bits per heavy atom. The zero-order valence-electron chi connectivity index (χ0n) is 5.72. The van der Waals surface area contributed by atoms with Crippen LogP contribution in [0.2, 0.25) is 0 Å². The molecule has 44 valence electrons. The average Bonchev–Trinajstić information content (AvgIpc) is 2.19. The molecule has 0 aliphatic rings. The van der Waals surface area contributed by atoms with Crippen molar-refractivity contribution in [2.45, 2.75) is 12.8 Å². The van der Waals surface area contributed by atoms with Gasteiger partial charge in [0.15, 0.2) is 0 Å². The van der Waals surface area contributed by atoms with Crippen molar-refractivity contribution in [1.29, 1.82) is 0 Å². The van der Waals surface area contributed by atoms with Crippen molar-refractivity contribution in [3.05, 3.63) is 25.1 Å². The van der Waals surface area contributed by atoms with Gasteiger partial charge in [-0.15, -0.1) is 0 Å². The summed E-state index contributed by atoms with van der Waals surface area (Å²) in [6, 6.07) is 0. The number of imidazole rings is 1. The van der Waals surface area contributed by atoms with Crippen LogP contribution in [0.5, 0.6) is 0 Å². The minimum absolute atomic E-state index is 0. The molecular weight excluding hydrogens is 107 g/mol. The summed E-state index contributed by atoms with van der Waals surface area (Å²) in [7, 11) is 0. The van der Waals surface area contributed by atoms with Crippen LogP contribution in [0.1, 0.15) is 12.2 Å². The molecule has 0 aromatic carbocycles. The minimum Gasteiger partial charge on any atom is -0.349 e. The van der Waals surface area contributed by atoms with Crippen LogP contribution in [0, 0.1) is 6.92 Å². The maximum absolute atomic E-state index is 4.01. The number of hydrogen-bond acceptors (Lipinski definition) is 1. The van der Waals surface area contributed by atoms with E-state index in [9.17, 15) is 0 Å². The molecule has 0 saturated carbocycles. The predicted octanol–water partition coefficient (Wildman–Crippen LogP) is -1.82. The van der Waals surface area contributed by atoms with Gasteiger partial charge in [0.05, 0.1) is 0 Å². The molecule has 0 fully saturated rings. The van der Waals surface area contributed by atoms with Crippen LogP contribution in [0.25, 0.3) is 0 Å². The van der Waals surface area contributed by atoms with E-state index >= 15 is 0 Å². The van der Waals surface area contributed by atoms with E-state index in [1.807, 2.05) is 6.20 Å². The summed E-state index contributed by atoms with van der Waals surface area (Å²) in [4.78, 5) is 7.00. The van der Waals surface area contributed by atoms with E-state index < -0.39 is 0 Å². The Balaban J connectivity index is 0.000000640. The quantitative estimate of drug-likeness (QED) is 0.358. The van der Waals surface area contributed by atoms with Crippen LogP contribution >= 0.6 is 0 Å². The predicted molar refractivity (Wildman–Crippen MR) is 32.3 cm³/mol. The third-order valence-electron chi connectivity index (χ3n) is 0.968. The number of aromatic nitrogens is 2. The van der Waals surface area contributed by atoms with Gasteiger partial charge in [0, 0.05) is 12.4 Å². The molecule has 3 heteroatoms. The molecule has 1 heterocycles. The van der Waals surface area contributed by atoms with E-state index in [1.54, 1.807) is 6.20 Å². The Labute approximate surface area is 67.3 Å². The van der Waals surface area contributed by atoms with Gasteiger partial charge in [-0.05, 0) is 6.42 Å². The molecule has 0 saturated heterocycles. The zero-order chi connectivity index (χ0) is 5.82. The van der Waals surface area contributed by atoms with E-state index in [0.717, 1.165) is 18.7 Å². The van der Waals surface area contributed by atoms with E-state index in [0.29, 0.717) is 0 Å². The van der Waals surface area contributed by atoms with Crippen molar-refractivity contribution in [2.75, 3.05) is 0 Å². The molecule has 0 radical (unpaired) electrons. The minimum atomic E-state index is 0. The summed E-state index contributed by atoms with van der Waals surface area (Å²) < 4.78 is 0. The zero-order valence-corrected chi connectivity index (χ0v) is 5.72. The molecule has 1 aromatic heterocycles. The molecule has 0 aliphatic heterocycles. The third-order valence-corrected chi connectivity index (χ3v) is 0.968. The Kier molecular flexibility index (Phi) is 4.56. The Hall–Kier alpha value is -0.193. The van der Waals surface area contributed by atoms with Crippen molar-refractivity contribution in [2.24, 2.45) is 0 Å². The number of aryl methyl sites for hydroxylation is 1. The van der Waals surface area contributed by atoms with Crippen LogP contribution < -0.4 is 18.9 Å². The van der Waals surface area contributed by atoms with E-state index in [4.69, 9.17) is 0 Å². The molecule has 0 unspecified atom stereocenters. The summed E-state index contributed by atoms with van der Waals surface area (Å²) in [5, 5.41) is 0.